The van der Waals surface area contributed by atoms with Crippen molar-refractivity contribution < 1.29 is 14.3 Å². The Labute approximate surface area is 161 Å². The quantitative estimate of drug-likeness (QED) is 0.613. The predicted octanol–water partition coefficient (Wildman–Crippen LogP) is 5.48. The first-order chi connectivity index (χ1) is 11.9. The summed E-state index contributed by atoms with van der Waals surface area (Å²) in [6.07, 6.45) is 0.853. The van der Waals surface area contributed by atoms with E-state index in [1.54, 1.807) is 24.1 Å². The van der Waals surface area contributed by atoms with Gasteiger partial charge in [-0.3, -0.25) is 4.79 Å². The fourth-order valence-electron chi connectivity index (χ4n) is 2.49. The van der Waals surface area contributed by atoms with Crippen LogP contribution in [-0.4, -0.2) is 26.7 Å². The lowest BCUT2D eigenvalue weighted by molar-refractivity contribution is 0.0992. The van der Waals surface area contributed by atoms with Crippen LogP contribution < -0.4 is 14.4 Å². The number of aryl methyl sites for hydroxylation is 1. The first-order valence-corrected chi connectivity index (χ1v) is 9.10. The van der Waals surface area contributed by atoms with Gasteiger partial charge in [-0.2, -0.15) is 0 Å². The van der Waals surface area contributed by atoms with Crippen LogP contribution in [0, 0.1) is 6.92 Å². The number of nitrogens with zero attached hydrogens (tertiary/aromatic N) is 1. The highest BCUT2D eigenvalue weighted by atomic mass is 79.9. The van der Waals surface area contributed by atoms with Crippen LogP contribution in [0.1, 0.15) is 29.3 Å². The highest BCUT2D eigenvalue weighted by Crippen LogP contribution is 2.37. The summed E-state index contributed by atoms with van der Waals surface area (Å²) in [6.45, 7) is 4.49. The molecular formula is C19H21BrClNO3. The number of carbonyl (C=O) groups is 1. The third kappa shape index (κ3) is 4.47. The molecule has 1 amide bonds. The number of hydrogen-bond donors (Lipinski definition) is 0. The first-order valence-electron chi connectivity index (χ1n) is 7.93. The Morgan fingerprint density at radius 3 is 2.60 bits per heavy atom. The minimum Gasteiger partial charge on any atom is -0.493 e. The van der Waals surface area contributed by atoms with Gasteiger partial charge in [0, 0.05) is 22.8 Å². The van der Waals surface area contributed by atoms with Gasteiger partial charge in [0.1, 0.15) is 0 Å². The summed E-state index contributed by atoms with van der Waals surface area (Å²) in [4.78, 5) is 14.5. The summed E-state index contributed by atoms with van der Waals surface area (Å²) < 4.78 is 12.0. The van der Waals surface area contributed by atoms with E-state index in [2.05, 4.69) is 15.9 Å². The molecule has 2 aromatic rings. The Morgan fingerprint density at radius 2 is 2.00 bits per heavy atom. The van der Waals surface area contributed by atoms with Crippen molar-refractivity contribution in [1.29, 1.82) is 0 Å². The average molecular weight is 427 g/mol. The van der Waals surface area contributed by atoms with Crippen molar-refractivity contribution in [2.24, 2.45) is 0 Å². The Morgan fingerprint density at radius 1 is 1.28 bits per heavy atom. The summed E-state index contributed by atoms with van der Waals surface area (Å²) in [6, 6.07) is 9.04. The van der Waals surface area contributed by atoms with Crippen molar-refractivity contribution in [2.75, 3.05) is 25.7 Å². The number of anilines is 1. The third-order valence-electron chi connectivity index (χ3n) is 3.75. The van der Waals surface area contributed by atoms with Gasteiger partial charge in [-0.05, 0) is 49.2 Å². The van der Waals surface area contributed by atoms with Crippen LogP contribution in [-0.2, 0) is 0 Å². The SMILES string of the molecule is CCCOc1c(Cl)cc(C(=O)N(C)c2ccc(Br)cc2C)cc1OC. The lowest BCUT2D eigenvalue weighted by atomic mass is 10.1. The van der Waals surface area contributed by atoms with Crippen molar-refractivity contribution in [3.63, 3.8) is 0 Å². The summed E-state index contributed by atoms with van der Waals surface area (Å²) in [5.41, 5.74) is 2.26. The number of ether oxygens (including phenoxy) is 2. The number of rotatable bonds is 6. The maximum absolute atomic E-state index is 12.9. The van der Waals surface area contributed by atoms with E-state index in [0.29, 0.717) is 28.7 Å². The van der Waals surface area contributed by atoms with Crippen LogP contribution in [0.2, 0.25) is 5.02 Å². The molecule has 6 heteroatoms. The van der Waals surface area contributed by atoms with Gasteiger partial charge < -0.3 is 14.4 Å². The zero-order chi connectivity index (χ0) is 18.6. The molecule has 25 heavy (non-hydrogen) atoms. The molecule has 0 aliphatic heterocycles. The van der Waals surface area contributed by atoms with Crippen molar-refractivity contribution >= 4 is 39.1 Å². The van der Waals surface area contributed by atoms with E-state index in [4.69, 9.17) is 21.1 Å². The molecule has 0 aliphatic carbocycles. The smallest absolute Gasteiger partial charge is 0.258 e. The number of methoxy groups -OCH3 is 1. The van der Waals surface area contributed by atoms with E-state index in [1.165, 1.54) is 7.11 Å². The van der Waals surface area contributed by atoms with Gasteiger partial charge in [0.05, 0.1) is 18.7 Å². The number of halogens is 2. The topological polar surface area (TPSA) is 38.8 Å². The van der Waals surface area contributed by atoms with E-state index in [0.717, 1.165) is 22.1 Å². The van der Waals surface area contributed by atoms with Crippen LogP contribution in [0.3, 0.4) is 0 Å². The fourth-order valence-corrected chi connectivity index (χ4v) is 3.23. The molecule has 0 saturated heterocycles. The monoisotopic (exact) mass is 425 g/mol. The molecule has 0 heterocycles. The Kier molecular flexibility index (Phi) is 6.73. The van der Waals surface area contributed by atoms with Crippen molar-refractivity contribution in [3.05, 3.63) is 51.0 Å². The van der Waals surface area contributed by atoms with Crippen LogP contribution in [0.25, 0.3) is 0 Å². The Balaban J connectivity index is 2.36. The number of benzene rings is 2. The van der Waals surface area contributed by atoms with Gasteiger partial charge in [0.15, 0.2) is 11.5 Å². The van der Waals surface area contributed by atoms with Crippen molar-refractivity contribution in [1.82, 2.24) is 0 Å². The molecule has 0 aromatic heterocycles. The summed E-state index contributed by atoms with van der Waals surface area (Å²) in [7, 11) is 3.27. The normalized spacial score (nSPS) is 10.5. The van der Waals surface area contributed by atoms with Crippen LogP contribution in [0.4, 0.5) is 5.69 Å². The van der Waals surface area contributed by atoms with Crippen LogP contribution in [0.5, 0.6) is 11.5 Å². The molecule has 0 unspecified atom stereocenters. The highest BCUT2D eigenvalue weighted by Gasteiger charge is 2.20. The minimum absolute atomic E-state index is 0.173. The second kappa shape index (κ2) is 8.59. The molecule has 0 aliphatic rings. The van der Waals surface area contributed by atoms with E-state index < -0.39 is 0 Å². The molecule has 0 radical (unpaired) electrons. The maximum atomic E-state index is 12.9. The summed E-state index contributed by atoms with van der Waals surface area (Å²) in [5, 5.41) is 0.358. The molecular weight excluding hydrogens is 406 g/mol. The average Bonchev–Trinajstić information content (AvgIpc) is 2.58. The van der Waals surface area contributed by atoms with E-state index in [1.807, 2.05) is 32.0 Å². The molecule has 2 rings (SSSR count). The predicted molar refractivity (Wildman–Crippen MR) is 105 cm³/mol. The minimum atomic E-state index is -0.173. The molecule has 0 fully saturated rings. The summed E-state index contributed by atoms with van der Waals surface area (Å²) >= 11 is 9.75. The van der Waals surface area contributed by atoms with Crippen LogP contribution >= 0.6 is 27.5 Å². The zero-order valence-corrected chi connectivity index (χ0v) is 17.1. The third-order valence-corrected chi connectivity index (χ3v) is 4.53. The van der Waals surface area contributed by atoms with E-state index in [9.17, 15) is 4.79 Å². The molecule has 0 N–H and O–H groups in total. The molecule has 0 spiro atoms. The van der Waals surface area contributed by atoms with Gasteiger partial charge in [0.25, 0.3) is 5.91 Å². The largest absolute Gasteiger partial charge is 0.493 e. The Bertz CT molecular complexity index is 780. The number of carbonyl (C=O) groups excluding carboxylic acids is 1. The fraction of sp³-hybridized carbons (Fsp3) is 0.316. The van der Waals surface area contributed by atoms with Gasteiger partial charge in [-0.25, -0.2) is 0 Å². The molecule has 0 atom stereocenters. The van der Waals surface area contributed by atoms with E-state index in [-0.39, 0.29) is 5.91 Å². The van der Waals surface area contributed by atoms with Gasteiger partial charge in [-0.1, -0.05) is 34.5 Å². The molecule has 134 valence electrons. The lowest BCUT2D eigenvalue weighted by Crippen LogP contribution is -2.27. The molecule has 0 bridgehead atoms. The molecule has 0 saturated carbocycles. The maximum Gasteiger partial charge on any atom is 0.258 e. The van der Waals surface area contributed by atoms with Crippen molar-refractivity contribution in [2.45, 2.75) is 20.3 Å². The van der Waals surface area contributed by atoms with E-state index >= 15 is 0 Å². The molecule has 2 aromatic carbocycles. The standard InChI is InChI=1S/C19H21BrClNO3/c1-5-8-25-18-15(21)10-13(11-17(18)24-4)19(23)22(3)16-7-6-14(20)9-12(16)2/h6-7,9-11H,5,8H2,1-4H3. The second-order valence-electron chi connectivity index (χ2n) is 5.63. The van der Waals surface area contributed by atoms with Gasteiger partial charge >= 0.3 is 0 Å². The highest BCUT2D eigenvalue weighted by molar-refractivity contribution is 9.10. The Hall–Kier alpha value is -1.72. The second-order valence-corrected chi connectivity index (χ2v) is 6.96. The van der Waals surface area contributed by atoms with Crippen molar-refractivity contribution in [3.8, 4) is 11.5 Å². The number of hydrogen-bond acceptors (Lipinski definition) is 3. The van der Waals surface area contributed by atoms with Crippen LogP contribution in [0.15, 0.2) is 34.8 Å². The van der Waals surface area contributed by atoms with Gasteiger partial charge in [-0.15, -0.1) is 0 Å². The first kappa shape index (κ1) is 19.6. The lowest BCUT2D eigenvalue weighted by Gasteiger charge is -2.21. The van der Waals surface area contributed by atoms with Gasteiger partial charge in [0.2, 0.25) is 0 Å². The number of amides is 1. The summed E-state index contributed by atoms with van der Waals surface area (Å²) in [5.74, 6) is 0.739. The molecule has 4 nitrogen and oxygen atoms in total. The zero-order valence-electron chi connectivity index (χ0n) is 14.7.